The lowest BCUT2D eigenvalue weighted by Gasteiger charge is -2.06. The molecule has 1 aromatic carbocycles. The van der Waals surface area contributed by atoms with Crippen molar-refractivity contribution in [2.75, 3.05) is 18.2 Å². The number of nitrogens with zero attached hydrogens (tertiary/aromatic N) is 5. The van der Waals surface area contributed by atoms with Gasteiger partial charge in [0.2, 0.25) is 10.9 Å². The molecule has 4 rings (SSSR count). The summed E-state index contributed by atoms with van der Waals surface area (Å²) in [7, 11) is 0. The summed E-state index contributed by atoms with van der Waals surface area (Å²) in [6, 6.07) is 4.98. The molecule has 3 aromatic heterocycles. The molecular formula is C19H17Cl2N7O3S. The zero-order valence-corrected chi connectivity index (χ0v) is 19.3. The van der Waals surface area contributed by atoms with E-state index in [2.05, 4.69) is 20.2 Å². The van der Waals surface area contributed by atoms with Gasteiger partial charge in [0.25, 0.3) is 0 Å². The van der Waals surface area contributed by atoms with E-state index in [0.29, 0.717) is 43.6 Å². The topological polar surface area (TPSA) is 148 Å². The number of furan rings is 1. The fourth-order valence-electron chi connectivity index (χ4n) is 3.05. The minimum Gasteiger partial charge on any atom is -0.462 e. The molecule has 0 aliphatic carbocycles. The summed E-state index contributed by atoms with van der Waals surface area (Å²) in [6.07, 6.45) is 0. The van der Waals surface area contributed by atoms with Crippen LogP contribution in [0, 0.1) is 6.92 Å². The maximum atomic E-state index is 12.2. The maximum Gasteiger partial charge on any atom is 0.342 e. The van der Waals surface area contributed by atoms with Crippen LogP contribution in [0.1, 0.15) is 28.9 Å². The zero-order chi connectivity index (χ0) is 23.0. The smallest absolute Gasteiger partial charge is 0.342 e. The molecule has 0 fully saturated rings. The van der Waals surface area contributed by atoms with Crippen LogP contribution in [0.4, 0.5) is 5.82 Å². The number of nitrogen functional groups attached to an aromatic ring is 2. The molecule has 166 valence electrons. The summed E-state index contributed by atoms with van der Waals surface area (Å²) in [6.45, 7) is 3.58. The van der Waals surface area contributed by atoms with Crippen LogP contribution in [0.2, 0.25) is 10.0 Å². The fourth-order valence-corrected chi connectivity index (χ4v) is 4.14. The summed E-state index contributed by atoms with van der Waals surface area (Å²) < 4.78 is 12.0. The monoisotopic (exact) mass is 493 g/mol. The van der Waals surface area contributed by atoms with E-state index in [-0.39, 0.29) is 29.5 Å². The maximum absolute atomic E-state index is 12.2. The van der Waals surface area contributed by atoms with Crippen molar-refractivity contribution in [1.29, 1.82) is 0 Å². The van der Waals surface area contributed by atoms with E-state index in [1.165, 1.54) is 16.4 Å². The lowest BCUT2D eigenvalue weighted by atomic mass is 10.2. The standard InChI is InChI=1S/C19H17Cl2N7O3S/c1-3-30-18(29)13-8(2)31-17-14(13)15(22)24-12(25-17)7-32-19-27-26-16(28(19)23)10-6-9(20)4-5-11(10)21/h4-6H,3,7,23H2,1-2H3,(H2,22,24,25). The number of benzene rings is 1. The Bertz CT molecular complexity index is 1340. The van der Waals surface area contributed by atoms with Crippen LogP contribution in [0.25, 0.3) is 22.5 Å². The van der Waals surface area contributed by atoms with Gasteiger partial charge in [0.15, 0.2) is 5.82 Å². The molecule has 4 aromatic rings. The Morgan fingerprint density at radius 3 is 2.81 bits per heavy atom. The number of carbonyl (C=O) groups excluding carboxylic acids is 1. The lowest BCUT2D eigenvalue weighted by Crippen LogP contribution is -2.12. The number of hydrogen-bond donors (Lipinski definition) is 2. The summed E-state index contributed by atoms with van der Waals surface area (Å²) in [4.78, 5) is 20.9. The second-order valence-electron chi connectivity index (χ2n) is 6.55. The molecule has 13 heteroatoms. The number of fused-ring (bicyclic) bond motifs is 1. The number of rotatable bonds is 6. The molecular weight excluding hydrogens is 477 g/mol. The number of halogens is 2. The molecule has 0 unspecified atom stereocenters. The molecule has 0 atom stereocenters. The number of nitrogens with two attached hydrogens (primary N) is 2. The predicted molar refractivity (Wildman–Crippen MR) is 122 cm³/mol. The van der Waals surface area contributed by atoms with Crippen molar-refractivity contribution in [3.63, 3.8) is 0 Å². The van der Waals surface area contributed by atoms with E-state index in [4.69, 9.17) is 43.9 Å². The van der Waals surface area contributed by atoms with Gasteiger partial charge in [-0.1, -0.05) is 35.0 Å². The average Bonchev–Trinajstić information content (AvgIpc) is 3.27. The molecule has 0 radical (unpaired) electrons. The molecule has 0 aliphatic heterocycles. The molecule has 0 amide bonds. The van der Waals surface area contributed by atoms with Crippen LogP contribution >= 0.6 is 35.0 Å². The highest BCUT2D eigenvalue weighted by molar-refractivity contribution is 7.98. The van der Waals surface area contributed by atoms with E-state index < -0.39 is 5.97 Å². The number of ether oxygens (including phenoxy) is 1. The van der Waals surface area contributed by atoms with Crippen molar-refractivity contribution in [2.24, 2.45) is 0 Å². The van der Waals surface area contributed by atoms with Gasteiger partial charge in [-0.2, -0.15) is 4.98 Å². The summed E-state index contributed by atoms with van der Waals surface area (Å²) in [5, 5.41) is 9.88. The van der Waals surface area contributed by atoms with Gasteiger partial charge in [-0.05, 0) is 32.0 Å². The quantitative estimate of drug-likeness (QED) is 0.230. The third kappa shape index (κ3) is 4.06. The first-order chi connectivity index (χ1) is 15.3. The first-order valence-electron chi connectivity index (χ1n) is 9.31. The Morgan fingerprint density at radius 1 is 1.28 bits per heavy atom. The normalized spacial score (nSPS) is 11.2. The van der Waals surface area contributed by atoms with Gasteiger partial charge in [0.05, 0.1) is 22.8 Å². The Balaban J connectivity index is 1.60. The molecule has 0 aliphatic rings. The van der Waals surface area contributed by atoms with E-state index in [1.54, 1.807) is 32.0 Å². The van der Waals surface area contributed by atoms with Crippen LogP contribution in [0.3, 0.4) is 0 Å². The SMILES string of the molecule is CCOC(=O)c1c(C)oc2nc(CSc3nnc(-c4cc(Cl)ccc4Cl)n3N)nc(N)c12. The number of aryl methyl sites for hydroxylation is 1. The molecule has 10 nitrogen and oxygen atoms in total. The number of esters is 1. The Hall–Kier alpha value is -3.02. The highest BCUT2D eigenvalue weighted by Crippen LogP contribution is 2.32. The van der Waals surface area contributed by atoms with Crippen LogP contribution in [-0.2, 0) is 10.5 Å². The van der Waals surface area contributed by atoms with E-state index in [0.717, 1.165) is 0 Å². The van der Waals surface area contributed by atoms with E-state index in [1.807, 2.05) is 0 Å². The van der Waals surface area contributed by atoms with E-state index >= 15 is 0 Å². The first-order valence-corrected chi connectivity index (χ1v) is 11.1. The van der Waals surface area contributed by atoms with Crippen molar-refractivity contribution >= 4 is 57.9 Å². The molecule has 0 saturated carbocycles. The number of thioether (sulfide) groups is 1. The number of hydrogen-bond acceptors (Lipinski definition) is 10. The van der Waals surface area contributed by atoms with Crippen molar-refractivity contribution in [3.8, 4) is 11.4 Å². The third-order valence-electron chi connectivity index (χ3n) is 4.45. The first kappa shape index (κ1) is 22.2. The molecule has 32 heavy (non-hydrogen) atoms. The molecule has 0 saturated heterocycles. The zero-order valence-electron chi connectivity index (χ0n) is 16.9. The largest absolute Gasteiger partial charge is 0.462 e. The van der Waals surface area contributed by atoms with Crippen LogP contribution in [-0.4, -0.2) is 37.4 Å². The second kappa shape index (κ2) is 8.85. The van der Waals surface area contributed by atoms with Crippen molar-refractivity contribution < 1.29 is 13.9 Å². The number of carbonyl (C=O) groups is 1. The molecule has 0 spiro atoms. The molecule has 3 heterocycles. The lowest BCUT2D eigenvalue weighted by molar-refractivity contribution is 0.0526. The minimum absolute atomic E-state index is 0.117. The van der Waals surface area contributed by atoms with Gasteiger partial charge in [-0.3, -0.25) is 0 Å². The van der Waals surface area contributed by atoms with Gasteiger partial charge in [-0.25, -0.2) is 14.5 Å². The van der Waals surface area contributed by atoms with Gasteiger partial charge in [0, 0.05) is 10.6 Å². The highest BCUT2D eigenvalue weighted by Gasteiger charge is 2.24. The molecule has 0 bridgehead atoms. The van der Waals surface area contributed by atoms with Gasteiger partial charge in [-0.15, -0.1) is 10.2 Å². The van der Waals surface area contributed by atoms with Crippen molar-refractivity contribution in [3.05, 3.63) is 45.4 Å². The summed E-state index contributed by atoms with van der Waals surface area (Å²) >= 11 is 13.5. The Kier molecular flexibility index (Phi) is 6.13. The highest BCUT2D eigenvalue weighted by atomic mass is 35.5. The van der Waals surface area contributed by atoms with Gasteiger partial charge < -0.3 is 20.7 Å². The van der Waals surface area contributed by atoms with Crippen LogP contribution < -0.4 is 11.6 Å². The van der Waals surface area contributed by atoms with Gasteiger partial charge in [0.1, 0.15) is 23.0 Å². The Morgan fingerprint density at radius 2 is 2.06 bits per heavy atom. The van der Waals surface area contributed by atoms with Crippen LogP contribution in [0.15, 0.2) is 27.8 Å². The Labute approximate surface area is 196 Å². The molecule has 4 N–H and O–H groups in total. The third-order valence-corrected chi connectivity index (χ3v) is 5.95. The van der Waals surface area contributed by atoms with Crippen LogP contribution in [0.5, 0.6) is 0 Å². The summed E-state index contributed by atoms with van der Waals surface area (Å²) in [5.74, 6) is 7.09. The number of anilines is 1. The number of aromatic nitrogens is 5. The van der Waals surface area contributed by atoms with E-state index in [9.17, 15) is 4.79 Å². The predicted octanol–water partition coefficient (Wildman–Crippen LogP) is 3.86. The minimum atomic E-state index is -0.537. The van der Waals surface area contributed by atoms with Gasteiger partial charge >= 0.3 is 5.97 Å². The van der Waals surface area contributed by atoms with Crippen molar-refractivity contribution in [1.82, 2.24) is 24.8 Å². The fraction of sp³-hybridized carbons (Fsp3) is 0.211. The average molecular weight is 494 g/mol. The second-order valence-corrected chi connectivity index (χ2v) is 8.33. The summed E-state index contributed by atoms with van der Waals surface area (Å²) in [5.41, 5.74) is 7.09. The van der Waals surface area contributed by atoms with Crippen molar-refractivity contribution in [2.45, 2.75) is 24.8 Å².